The van der Waals surface area contributed by atoms with Crippen LogP contribution in [-0.2, 0) is 6.54 Å². The van der Waals surface area contributed by atoms with Gasteiger partial charge in [-0.05, 0) is 43.2 Å². The van der Waals surface area contributed by atoms with Crippen LogP contribution in [0.15, 0.2) is 36.4 Å². The molecule has 0 aliphatic carbocycles. The van der Waals surface area contributed by atoms with Crippen LogP contribution in [-0.4, -0.2) is 19.1 Å². The largest absolute Gasteiger partial charge is 0.492 e. The predicted molar refractivity (Wildman–Crippen MR) is 94.8 cm³/mol. The summed E-state index contributed by atoms with van der Waals surface area (Å²) >= 11 is 0. The van der Waals surface area contributed by atoms with Crippen molar-refractivity contribution in [1.29, 1.82) is 0 Å². The van der Waals surface area contributed by atoms with Crippen LogP contribution in [0.4, 0.5) is 5.69 Å². The number of hydrogen-bond acceptors (Lipinski definition) is 3. The van der Waals surface area contributed by atoms with Crippen molar-refractivity contribution >= 4 is 24.0 Å². The van der Waals surface area contributed by atoms with Crippen LogP contribution < -0.4 is 15.4 Å². The molecule has 5 heteroatoms. The summed E-state index contributed by atoms with van der Waals surface area (Å²) in [4.78, 5) is 12.5. The first kappa shape index (κ1) is 17.3. The maximum Gasteiger partial charge on any atom is 0.256 e. The van der Waals surface area contributed by atoms with E-state index >= 15 is 0 Å². The number of hydrogen-bond donors (Lipinski definition) is 2. The molecule has 2 aromatic carbocycles. The van der Waals surface area contributed by atoms with E-state index in [0.29, 0.717) is 6.61 Å². The molecular formula is C18H21ClN2O2. The Hall–Kier alpha value is -2.04. The monoisotopic (exact) mass is 332 g/mol. The highest BCUT2D eigenvalue weighted by Crippen LogP contribution is 2.25. The van der Waals surface area contributed by atoms with E-state index in [0.717, 1.165) is 46.8 Å². The standard InChI is InChI=1S/C18H20N2O2.ClH/c1-12-4-3-5-13(2)17(12)18(21)20-15-6-7-16-14(10-15)11-19-8-9-22-16;/h3-7,10,19H,8-9,11H2,1-2H3,(H,20,21);1H. The van der Waals surface area contributed by atoms with E-state index in [1.807, 2.05) is 50.2 Å². The van der Waals surface area contributed by atoms with Crippen molar-refractivity contribution in [2.75, 3.05) is 18.5 Å². The van der Waals surface area contributed by atoms with Gasteiger partial charge in [-0.2, -0.15) is 0 Å². The number of carbonyl (C=O) groups is 1. The average molecular weight is 333 g/mol. The molecule has 0 saturated carbocycles. The van der Waals surface area contributed by atoms with Crippen LogP contribution in [0.1, 0.15) is 27.0 Å². The van der Waals surface area contributed by atoms with Crippen molar-refractivity contribution in [2.45, 2.75) is 20.4 Å². The summed E-state index contributed by atoms with van der Waals surface area (Å²) in [5, 5.41) is 6.28. The maximum atomic E-state index is 12.5. The number of anilines is 1. The summed E-state index contributed by atoms with van der Waals surface area (Å²) in [7, 11) is 0. The van der Waals surface area contributed by atoms with Gasteiger partial charge in [0.05, 0.1) is 0 Å². The van der Waals surface area contributed by atoms with Gasteiger partial charge in [-0.15, -0.1) is 12.4 Å². The zero-order valence-corrected chi connectivity index (χ0v) is 14.1. The Morgan fingerprint density at radius 1 is 1.17 bits per heavy atom. The number of nitrogens with one attached hydrogen (secondary N) is 2. The fourth-order valence-corrected chi connectivity index (χ4v) is 2.76. The number of rotatable bonds is 2. The molecule has 3 rings (SSSR count). The minimum Gasteiger partial charge on any atom is -0.492 e. The Balaban J connectivity index is 0.00000192. The van der Waals surface area contributed by atoms with E-state index in [9.17, 15) is 4.79 Å². The number of benzene rings is 2. The van der Waals surface area contributed by atoms with Gasteiger partial charge in [0.2, 0.25) is 0 Å². The van der Waals surface area contributed by atoms with Gasteiger partial charge in [0, 0.05) is 29.9 Å². The smallest absolute Gasteiger partial charge is 0.256 e. The second-order valence-electron chi connectivity index (χ2n) is 5.57. The first-order chi connectivity index (χ1) is 10.6. The summed E-state index contributed by atoms with van der Waals surface area (Å²) in [6.07, 6.45) is 0. The lowest BCUT2D eigenvalue weighted by Crippen LogP contribution is -2.16. The third-order valence-corrected chi connectivity index (χ3v) is 3.88. The van der Waals surface area contributed by atoms with Gasteiger partial charge in [0.25, 0.3) is 5.91 Å². The molecule has 0 bridgehead atoms. The van der Waals surface area contributed by atoms with Crippen LogP contribution in [0.5, 0.6) is 5.75 Å². The molecule has 4 nitrogen and oxygen atoms in total. The third kappa shape index (κ3) is 3.84. The van der Waals surface area contributed by atoms with Crippen molar-refractivity contribution in [3.05, 3.63) is 58.7 Å². The molecule has 1 aliphatic rings. The molecule has 122 valence electrons. The SMILES string of the molecule is Cc1cccc(C)c1C(=O)Nc1ccc2c(c1)CNCCO2.Cl. The second kappa shape index (κ2) is 7.49. The summed E-state index contributed by atoms with van der Waals surface area (Å²) in [5.41, 5.74) is 4.57. The molecule has 0 aromatic heterocycles. The molecule has 1 aliphatic heterocycles. The minimum absolute atomic E-state index is 0. The van der Waals surface area contributed by atoms with Gasteiger partial charge in [0.15, 0.2) is 0 Å². The van der Waals surface area contributed by atoms with Crippen LogP contribution in [0.3, 0.4) is 0 Å². The first-order valence-electron chi connectivity index (χ1n) is 7.49. The molecule has 0 atom stereocenters. The molecule has 2 N–H and O–H groups in total. The van der Waals surface area contributed by atoms with E-state index < -0.39 is 0 Å². The van der Waals surface area contributed by atoms with Gasteiger partial charge < -0.3 is 15.4 Å². The lowest BCUT2D eigenvalue weighted by atomic mass is 10.0. The van der Waals surface area contributed by atoms with E-state index in [1.54, 1.807) is 0 Å². The molecule has 1 heterocycles. The minimum atomic E-state index is -0.0713. The maximum absolute atomic E-state index is 12.5. The molecule has 0 radical (unpaired) electrons. The Labute approximate surface area is 142 Å². The summed E-state index contributed by atoms with van der Waals surface area (Å²) in [5.74, 6) is 0.813. The average Bonchev–Trinajstić information content (AvgIpc) is 2.72. The highest BCUT2D eigenvalue weighted by molar-refractivity contribution is 6.06. The summed E-state index contributed by atoms with van der Waals surface area (Å²) in [6.45, 7) is 6.16. The topological polar surface area (TPSA) is 50.4 Å². The van der Waals surface area contributed by atoms with Crippen molar-refractivity contribution in [3.63, 3.8) is 0 Å². The quantitative estimate of drug-likeness (QED) is 0.885. The van der Waals surface area contributed by atoms with Gasteiger partial charge >= 0.3 is 0 Å². The molecule has 0 spiro atoms. The van der Waals surface area contributed by atoms with Crippen LogP contribution >= 0.6 is 12.4 Å². The number of aryl methyl sites for hydroxylation is 2. The number of carbonyl (C=O) groups excluding carboxylic acids is 1. The third-order valence-electron chi connectivity index (χ3n) is 3.88. The molecule has 1 amide bonds. The number of fused-ring (bicyclic) bond motifs is 1. The van der Waals surface area contributed by atoms with Crippen molar-refractivity contribution in [2.24, 2.45) is 0 Å². The highest BCUT2D eigenvalue weighted by Gasteiger charge is 2.14. The van der Waals surface area contributed by atoms with E-state index in [1.165, 1.54) is 0 Å². The molecule has 23 heavy (non-hydrogen) atoms. The first-order valence-corrected chi connectivity index (χ1v) is 7.49. The number of amides is 1. The zero-order chi connectivity index (χ0) is 15.5. The Morgan fingerprint density at radius 3 is 2.65 bits per heavy atom. The van der Waals surface area contributed by atoms with Gasteiger partial charge in [-0.3, -0.25) is 4.79 Å². The lowest BCUT2D eigenvalue weighted by molar-refractivity contribution is 0.102. The zero-order valence-electron chi connectivity index (χ0n) is 13.3. The Morgan fingerprint density at radius 2 is 1.91 bits per heavy atom. The van der Waals surface area contributed by atoms with Gasteiger partial charge in [0.1, 0.15) is 12.4 Å². The Kier molecular flexibility index (Phi) is 5.64. The second-order valence-corrected chi connectivity index (χ2v) is 5.57. The molecular weight excluding hydrogens is 312 g/mol. The molecule has 0 saturated heterocycles. The van der Waals surface area contributed by atoms with Crippen LogP contribution in [0.25, 0.3) is 0 Å². The molecule has 0 unspecified atom stereocenters. The van der Waals surface area contributed by atoms with Crippen LogP contribution in [0, 0.1) is 13.8 Å². The fraction of sp³-hybridized carbons (Fsp3) is 0.278. The van der Waals surface area contributed by atoms with E-state index in [4.69, 9.17) is 4.74 Å². The highest BCUT2D eigenvalue weighted by atomic mass is 35.5. The van der Waals surface area contributed by atoms with Crippen molar-refractivity contribution in [3.8, 4) is 5.75 Å². The molecule has 2 aromatic rings. The lowest BCUT2D eigenvalue weighted by Gasteiger charge is -2.12. The number of halogens is 1. The van der Waals surface area contributed by atoms with E-state index in [2.05, 4.69) is 10.6 Å². The van der Waals surface area contributed by atoms with Crippen molar-refractivity contribution in [1.82, 2.24) is 5.32 Å². The summed E-state index contributed by atoms with van der Waals surface area (Å²) < 4.78 is 5.66. The van der Waals surface area contributed by atoms with E-state index in [-0.39, 0.29) is 18.3 Å². The van der Waals surface area contributed by atoms with Gasteiger partial charge in [-0.25, -0.2) is 0 Å². The van der Waals surface area contributed by atoms with Gasteiger partial charge in [-0.1, -0.05) is 18.2 Å². The fourth-order valence-electron chi connectivity index (χ4n) is 2.76. The van der Waals surface area contributed by atoms with Crippen molar-refractivity contribution < 1.29 is 9.53 Å². The number of ether oxygens (including phenoxy) is 1. The summed E-state index contributed by atoms with van der Waals surface area (Å²) in [6, 6.07) is 11.7. The normalized spacial score (nSPS) is 13.1. The molecule has 0 fully saturated rings. The van der Waals surface area contributed by atoms with Crippen LogP contribution in [0.2, 0.25) is 0 Å². The Bertz CT molecular complexity index is 696. The predicted octanol–water partition coefficient (Wildman–Crippen LogP) is 3.46.